The van der Waals surface area contributed by atoms with Gasteiger partial charge in [-0.25, -0.2) is 8.42 Å². The molecule has 0 radical (unpaired) electrons. The Balaban J connectivity index is 3.19. The van der Waals surface area contributed by atoms with E-state index in [4.69, 9.17) is 10.2 Å². The number of aliphatic hydroxyl groups excluding tert-OH is 1. The molecule has 20 heavy (non-hydrogen) atoms. The van der Waals surface area contributed by atoms with Crippen molar-refractivity contribution in [2.45, 2.75) is 17.9 Å². The van der Waals surface area contributed by atoms with Gasteiger partial charge in [-0.1, -0.05) is 6.07 Å². The molecule has 0 saturated heterocycles. The molecule has 10 heteroatoms. The fourth-order valence-electron chi connectivity index (χ4n) is 1.37. The summed E-state index contributed by atoms with van der Waals surface area (Å²) >= 11 is 0. The molecule has 0 heterocycles. The Morgan fingerprint density at radius 2 is 2.10 bits per heavy atom. The van der Waals surface area contributed by atoms with Crippen LogP contribution in [0.25, 0.3) is 0 Å². The summed E-state index contributed by atoms with van der Waals surface area (Å²) in [5.41, 5.74) is -0.130. The van der Waals surface area contributed by atoms with E-state index in [0.29, 0.717) is 0 Å². The Hall–Kier alpha value is -2.04. The molecule has 9 nitrogen and oxygen atoms in total. The molecule has 0 fully saturated rings. The van der Waals surface area contributed by atoms with Gasteiger partial charge in [0.25, 0.3) is 5.69 Å². The van der Waals surface area contributed by atoms with Gasteiger partial charge >= 0.3 is 5.97 Å². The SMILES string of the molecule is Cc1ccc(S(=O)(=O)N[C@H](CO)C(=O)O)cc1[N+](=O)[O-]. The highest BCUT2D eigenvalue weighted by molar-refractivity contribution is 7.89. The predicted molar refractivity (Wildman–Crippen MR) is 66.7 cm³/mol. The molecule has 1 rings (SSSR count). The van der Waals surface area contributed by atoms with Gasteiger partial charge in [-0.2, -0.15) is 4.72 Å². The van der Waals surface area contributed by atoms with Crippen LogP contribution in [0, 0.1) is 17.0 Å². The first kappa shape index (κ1) is 16.0. The van der Waals surface area contributed by atoms with E-state index in [-0.39, 0.29) is 5.56 Å². The zero-order valence-corrected chi connectivity index (χ0v) is 11.1. The summed E-state index contributed by atoms with van der Waals surface area (Å²) in [5, 5.41) is 28.2. The highest BCUT2D eigenvalue weighted by atomic mass is 32.2. The molecule has 0 aromatic heterocycles. The monoisotopic (exact) mass is 304 g/mol. The van der Waals surface area contributed by atoms with Crippen LogP contribution in [0.15, 0.2) is 23.1 Å². The van der Waals surface area contributed by atoms with Crippen LogP contribution in [0.3, 0.4) is 0 Å². The van der Waals surface area contributed by atoms with E-state index >= 15 is 0 Å². The number of nitrogens with zero attached hydrogens (tertiary/aromatic N) is 1. The smallest absolute Gasteiger partial charge is 0.324 e. The summed E-state index contributed by atoms with van der Waals surface area (Å²) in [6.45, 7) is 0.498. The van der Waals surface area contributed by atoms with Gasteiger partial charge in [0.2, 0.25) is 10.0 Å². The minimum Gasteiger partial charge on any atom is -0.480 e. The fraction of sp³-hybridized carbons (Fsp3) is 0.300. The third-order valence-electron chi connectivity index (χ3n) is 2.47. The van der Waals surface area contributed by atoms with Gasteiger partial charge in [0.15, 0.2) is 0 Å². The minimum absolute atomic E-state index is 0.269. The van der Waals surface area contributed by atoms with Gasteiger partial charge < -0.3 is 10.2 Å². The van der Waals surface area contributed by atoms with E-state index in [9.17, 15) is 23.3 Å². The van der Waals surface area contributed by atoms with Crippen molar-refractivity contribution in [1.82, 2.24) is 4.72 Å². The number of carboxylic acids is 1. The Morgan fingerprint density at radius 1 is 1.50 bits per heavy atom. The van der Waals surface area contributed by atoms with E-state index in [1.54, 1.807) is 4.72 Å². The third kappa shape index (κ3) is 3.50. The number of carbonyl (C=O) groups is 1. The second-order valence-corrected chi connectivity index (χ2v) is 5.61. The number of nitro groups is 1. The second-order valence-electron chi connectivity index (χ2n) is 3.90. The molecule has 1 atom stereocenters. The van der Waals surface area contributed by atoms with Crippen molar-refractivity contribution in [3.8, 4) is 0 Å². The molecule has 0 aliphatic carbocycles. The number of hydrogen-bond donors (Lipinski definition) is 3. The van der Waals surface area contributed by atoms with Crippen molar-refractivity contribution >= 4 is 21.7 Å². The van der Waals surface area contributed by atoms with E-state index in [1.807, 2.05) is 0 Å². The largest absolute Gasteiger partial charge is 0.480 e. The summed E-state index contributed by atoms with van der Waals surface area (Å²) < 4.78 is 25.5. The van der Waals surface area contributed by atoms with Crippen LogP contribution in [0.4, 0.5) is 5.69 Å². The Labute approximate surface area is 114 Å². The molecule has 0 spiro atoms. The Kier molecular flexibility index (Phi) is 4.76. The van der Waals surface area contributed by atoms with Gasteiger partial charge in [0, 0.05) is 11.6 Å². The Bertz CT molecular complexity index is 641. The predicted octanol–water partition coefficient (Wildman–Crippen LogP) is -0.373. The molecular formula is C10H12N2O7S. The van der Waals surface area contributed by atoms with Crippen LogP contribution in [0.2, 0.25) is 0 Å². The lowest BCUT2D eigenvalue weighted by atomic mass is 10.2. The molecule has 0 unspecified atom stereocenters. The lowest BCUT2D eigenvalue weighted by Gasteiger charge is -2.12. The number of aliphatic hydroxyl groups is 1. The van der Waals surface area contributed by atoms with Gasteiger partial charge in [-0.3, -0.25) is 14.9 Å². The number of carboxylic acid groups (broad SMARTS) is 1. The zero-order valence-electron chi connectivity index (χ0n) is 10.3. The van der Waals surface area contributed by atoms with E-state index in [1.165, 1.54) is 13.0 Å². The molecule has 0 amide bonds. The molecule has 110 valence electrons. The van der Waals surface area contributed by atoms with Crippen LogP contribution < -0.4 is 4.72 Å². The van der Waals surface area contributed by atoms with Crippen molar-refractivity contribution in [3.63, 3.8) is 0 Å². The molecule has 1 aromatic rings. The number of rotatable bonds is 6. The van der Waals surface area contributed by atoms with E-state index in [0.717, 1.165) is 12.1 Å². The number of nitro benzene ring substituents is 1. The van der Waals surface area contributed by atoms with Crippen molar-refractivity contribution in [1.29, 1.82) is 0 Å². The van der Waals surface area contributed by atoms with Crippen LogP contribution in [0.1, 0.15) is 5.56 Å². The summed E-state index contributed by atoms with van der Waals surface area (Å²) in [7, 11) is -4.28. The lowest BCUT2D eigenvalue weighted by molar-refractivity contribution is -0.385. The van der Waals surface area contributed by atoms with Crippen molar-refractivity contribution in [2.24, 2.45) is 0 Å². The summed E-state index contributed by atoms with van der Waals surface area (Å²) in [4.78, 5) is 20.2. The maximum atomic E-state index is 11.9. The fourth-order valence-corrected chi connectivity index (χ4v) is 2.57. The number of nitrogens with one attached hydrogen (secondary N) is 1. The number of aliphatic carboxylic acids is 1. The third-order valence-corrected chi connectivity index (χ3v) is 3.94. The highest BCUT2D eigenvalue weighted by Gasteiger charge is 2.26. The highest BCUT2D eigenvalue weighted by Crippen LogP contribution is 2.22. The normalized spacial score (nSPS) is 12.9. The van der Waals surface area contributed by atoms with Crippen molar-refractivity contribution < 1.29 is 28.3 Å². The van der Waals surface area contributed by atoms with E-state index < -0.39 is 44.1 Å². The summed E-state index contributed by atoms with van der Waals surface area (Å²) in [6.07, 6.45) is 0. The number of benzene rings is 1. The first-order chi connectivity index (χ1) is 9.19. The van der Waals surface area contributed by atoms with Gasteiger partial charge in [-0.05, 0) is 13.0 Å². The van der Waals surface area contributed by atoms with Crippen LogP contribution in [0.5, 0.6) is 0 Å². The molecule has 0 aliphatic rings. The summed E-state index contributed by atoms with van der Waals surface area (Å²) in [5.74, 6) is -1.56. The van der Waals surface area contributed by atoms with Crippen LogP contribution in [-0.4, -0.2) is 42.2 Å². The van der Waals surface area contributed by atoms with E-state index in [2.05, 4.69) is 0 Å². The topological polar surface area (TPSA) is 147 Å². The van der Waals surface area contributed by atoms with Gasteiger partial charge in [0.1, 0.15) is 6.04 Å². The zero-order chi connectivity index (χ0) is 15.5. The maximum absolute atomic E-state index is 11.9. The molecule has 0 aliphatic heterocycles. The van der Waals surface area contributed by atoms with Crippen molar-refractivity contribution in [3.05, 3.63) is 33.9 Å². The Morgan fingerprint density at radius 3 is 2.55 bits per heavy atom. The van der Waals surface area contributed by atoms with Crippen LogP contribution >= 0.6 is 0 Å². The first-order valence-corrected chi connectivity index (χ1v) is 6.78. The quantitative estimate of drug-likeness (QED) is 0.479. The maximum Gasteiger partial charge on any atom is 0.324 e. The van der Waals surface area contributed by atoms with Gasteiger partial charge in [0.05, 0.1) is 16.4 Å². The standard InChI is InChI=1S/C10H12N2O7S/c1-6-2-3-7(4-9(6)12(16)17)20(18,19)11-8(5-13)10(14)15/h2-4,8,11,13H,5H2,1H3,(H,14,15)/t8-/m1/s1. The van der Waals surface area contributed by atoms with Crippen molar-refractivity contribution in [2.75, 3.05) is 6.61 Å². The average Bonchev–Trinajstić information content (AvgIpc) is 2.35. The number of sulfonamides is 1. The second kappa shape index (κ2) is 5.94. The molecule has 1 aromatic carbocycles. The average molecular weight is 304 g/mol. The molecular weight excluding hydrogens is 292 g/mol. The molecule has 3 N–H and O–H groups in total. The minimum atomic E-state index is -4.28. The number of aryl methyl sites for hydroxylation is 1. The summed E-state index contributed by atoms with van der Waals surface area (Å²) in [6, 6.07) is 1.46. The lowest BCUT2D eigenvalue weighted by Crippen LogP contribution is -2.43. The number of hydrogen-bond acceptors (Lipinski definition) is 6. The van der Waals surface area contributed by atoms with Gasteiger partial charge in [-0.15, -0.1) is 0 Å². The first-order valence-electron chi connectivity index (χ1n) is 5.30. The molecule has 0 saturated carbocycles. The molecule has 0 bridgehead atoms. The van der Waals surface area contributed by atoms with Crippen LogP contribution in [-0.2, 0) is 14.8 Å².